The Morgan fingerprint density at radius 1 is 1.45 bits per heavy atom. The molecule has 4 nitrogen and oxygen atoms in total. The second-order valence-electron chi connectivity index (χ2n) is 5.71. The molecule has 0 amide bonds. The van der Waals surface area contributed by atoms with E-state index in [0.29, 0.717) is 12.6 Å². The SMILES string of the molecule is COc1ccccc1C(CN)N(C)CC1CCCN1C. The number of methoxy groups -OCH3 is 1. The number of ether oxygens (including phenoxy) is 1. The van der Waals surface area contributed by atoms with Gasteiger partial charge in [-0.25, -0.2) is 0 Å². The lowest BCUT2D eigenvalue weighted by molar-refractivity contribution is 0.177. The Morgan fingerprint density at radius 3 is 2.80 bits per heavy atom. The van der Waals surface area contributed by atoms with Gasteiger partial charge in [0.1, 0.15) is 5.75 Å². The van der Waals surface area contributed by atoms with Crippen LogP contribution in [0.4, 0.5) is 0 Å². The van der Waals surface area contributed by atoms with Crippen LogP contribution in [0.15, 0.2) is 24.3 Å². The molecule has 1 aliphatic heterocycles. The first-order chi connectivity index (χ1) is 9.67. The van der Waals surface area contributed by atoms with E-state index < -0.39 is 0 Å². The van der Waals surface area contributed by atoms with Gasteiger partial charge in [-0.3, -0.25) is 4.90 Å². The van der Waals surface area contributed by atoms with Crippen LogP contribution in [-0.2, 0) is 0 Å². The predicted molar refractivity (Wildman–Crippen MR) is 83.1 cm³/mol. The fourth-order valence-electron chi connectivity index (χ4n) is 3.16. The molecule has 112 valence electrons. The zero-order valence-electron chi connectivity index (χ0n) is 12.9. The lowest BCUT2D eigenvalue weighted by atomic mass is 10.0. The molecule has 2 rings (SSSR count). The van der Waals surface area contributed by atoms with Gasteiger partial charge >= 0.3 is 0 Å². The molecule has 0 aliphatic carbocycles. The molecule has 4 heteroatoms. The number of nitrogens with zero attached hydrogens (tertiary/aromatic N) is 2. The van der Waals surface area contributed by atoms with Crippen molar-refractivity contribution in [2.45, 2.75) is 24.9 Å². The Kier molecular flexibility index (Phi) is 5.40. The average Bonchev–Trinajstić information content (AvgIpc) is 2.85. The molecule has 1 aromatic carbocycles. The predicted octanol–water partition coefficient (Wildman–Crippen LogP) is 1.72. The molecular formula is C16H27N3O. The van der Waals surface area contributed by atoms with Gasteiger partial charge in [-0.1, -0.05) is 18.2 Å². The van der Waals surface area contributed by atoms with Gasteiger partial charge in [-0.2, -0.15) is 0 Å². The number of nitrogens with two attached hydrogens (primary N) is 1. The van der Waals surface area contributed by atoms with Gasteiger partial charge in [-0.05, 0) is 39.5 Å². The molecule has 0 radical (unpaired) electrons. The summed E-state index contributed by atoms with van der Waals surface area (Å²) in [6, 6.07) is 9.03. The average molecular weight is 277 g/mol. The van der Waals surface area contributed by atoms with Crippen molar-refractivity contribution in [3.05, 3.63) is 29.8 Å². The van der Waals surface area contributed by atoms with E-state index in [0.717, 1.165) is 12.3 Å². The van der Waals surface area contributed by atoms with Crippen LogP contribution in [0.25, 0.3) is 0 Å². The van der Waals surface area contributed by atoms with Crippen molar-refractivity contribution in [1.29, 1.82) is 0 Å². The Balaban J connectivity index is 2.10. The van der Waals surface area contributed by atoms with E-state index in [2.05, 4.69) is 36.0 Å². The summed E-state index contributed by atoms with van der Waals surface area (Å²) in [6.07, 6.45) is 2.58. The van der Waals surface area contributed by atoms with E-state index in [9.17, 15) is 0 Å². The van der Waals surface area contributed by atoms with Crippen molar-refractivity contribution in [1.82, 2.24) is 9.80 Å². The van der Waals surface area contributed by atoms with Crippen LogP contribution in [0.5, 0.6) is 5.75 Å². The summed E-state index contributed by atoms with van der Waals surface area (Å²) in [5, 5.41) is 0. The summed E-state index contributed by atoms with van der Waals surface area (Å²) in [5.74, 6) is 0.926. The largest absolute Gasteiger partial charge is 0.496 e. The monoisotopic (exact) mass is 277 g/mol. The van der Waals surface area contributed by atoms with E-state index in [4.69, 9.17) is 10.5 Å². The molecular weight excluding hydrogens is 250 g/mol. The number of hydrogen-bond donors (Lipinski definition) is 1. The van der Waals surface area contributed by atoms with Crippen LogP contribution in [0.3, 0.4) is 0 Å². The standard InChI is InChI=1S/C16H27N3O/c1-18-10-6-7-13(18)12-19(2)15(11-17)14-8-4-5-9-16(14)20-3/h4-5,8-9,13,15H,6-7,10-12,17H2,1-3H3. The minimum atomic E-state index is 0.208. The smallest absolute Gasteiger partial charge is 0.123 e. The highest BCUT2D eigenvalue weighted by molar-refractivity contribution is 5.36. The Morgan fingerprint density at radius 2 is 2.20 bits per heavy atom. The third kappa shape index (κ3) is 3.32. The second kappa shape index (κ2) is 7.07. The van der Waals surface area contributed by atoms with Gasteiger partial charge in [0.2, 0.25) is 0 Å². The topological polar surface area (TPSA) is 41.7 Å². The maximum atomic E-state index is 6.03. The number of hydrogen-bond acceptors (Lipinski definition) is 4. The lowest BCUT2D eigenvalue weighted by Crippen LogP contribution is -2.40. The first-order valence-electron chi connectivity index (χ1n) is 7.40. The summed E-state index contributed by atoms with van der Waals surface area (Å²) < 4.78 is 5.48. The zero-order chi connectivity index (χ0) is 14.5. The molecule has 0 aromatic heterocycles. The first-order valence-corrected chi connectivity index (χ1v) is 7.40. The maximum absolute atomic E-state index is 6.03. The molecule has 1 heterocycles. The first kappa shape index (κ1) is 15.3. The fraction of sp³-hybridized carbons (Fsp3) is 0.625. The number of para-hydroxylation sites is 1. The summed E-state index contributed by atoms with van der Waals surface area (Å²) >= 11 is 0. The molecule has 0 spiro atoms. The van der Waals surface area contributed by atoms with E-state index in [1.54, 1.807) is 7.11 Å². The molecule has 0 saturated carbocycles. The second-order valence-corrected chi connectivity index (χ2v) is 5.71. The zero-order valence-corrected chi connectivity index (χ0v) is 12.9. The maximum Gasteiger partial charge on any atom is 0.123 e. The number of rotatable bonds is 6. The van der Waals surface area contributed by atoms with Crippen LogP contribution in [0.2, 0.25) is 0 Å². The molecule has 1 saturated heterocycles. The van der Waals surface area contributed by atoms with Gasteiger partial charge in [0.25, 0.3) is 0 Å². The summed E-state index contributed by atoms with van der Waals surface area (Å²) in [4.78, 5) is 4.82. The number of likely N-dealkylation sites (N-methyl/N-ethyl adjacent to an activating group) is 2. The molecule has 2 unspecified atom stereocenters. The number of likely N-dealkylation sites (tertiary alicyclic amines) is 1. The molecule has 2 N–H and O–H groups in total. The highest BCUT2D eigenvalue weighted by Gasteiger charge is 2.26. The van der Waals surface area contributed by atoms with Crippen molar-refractivity contribution >= 4 is 0 Å². The fourth-order valence-corrected chi connectivity index (χ4v) is 3.16. The minimum absolute atomic E-state index is 0.208. The van der Waals surface area contributed by atoms with Crippen molar-refractivity contribution < 1.29 is 4.74 Å². The highest BCUT2D eigenvalue weighted by atomic mass is 16.5. The van der Waals surface area contributed by atoms with Crippen molar-refractivity contribution in [3.63, 3.8) is 0 Å². The third-order valence-corrected chi connectivity index (χ3v) is 4.42. The van der Waals surface area contributed by atoms with Crippen molar-refractivity contribution in [3.8, 4) is 5.75 Å². The van der Waals surface area contributed by atoms with Crippen LogP contribution in [0, 0.1) is 0 Å². The Hall–Kier alpha value is -1.10. The normalized spacial score (nSPS) is 21.4. The molecule has 20 heavy (non-hydrogen) atoms. The molecule has 0 bridgehead atoms. The lowest BCUT2D eigenvalue weighted by Gasteiger charge is -2.32. The van der Waals surface area contributed by atoms with Gasteiger partial charge in [0, 0.05) is 24.7 Å². The summed E-state index contributed by atoms with van der Waals surface area (Å²) in [5.41, 5.74) is 7.21. The molecule has 1 aromatic rings. The van der Waals surface area contributed by atoms with Crippen LogP contribution >= 0.6 is 0 Å². The minimum Gasteiger partial charge on any atom is -0.496 e. The van der Waals surface area contributed by atoms with Crippen LogP contribution < -0.4 is 10.5 Å². The van der Waals surface area contributed by atoms with Gasteiger partial charge in [0.05, 0.1) is 13.2 Å². The van der Waals surface area contributed by atoms with E-state index in [1.165, 1.54) is 24.9 Å². The van der Waals surface area contributed by atoms with E-state index >= 15 is 0 Å². The molecule has 1 fully saturated rings. The molecule has 1 aliphatic rings. The van der Waals surface area contributed by atoms with Gasteiger partial charge in [0.15, 0.2) is 0 Å². The van der Waals surface area contributed by atoms with Crippen molar-refractivity contribution in [2.24, 2.45) is 5.73 Å². The quantitative estimate of drug-likeness (QED) is 0.860. The van der Waals surface area contributed by atoms with E-state index in [1.807, 2.05) is 12.1 Å². The number of benzene rings is 1. The van der Waals surface area contributed by atoms with Crippen LogP contribution in [-0.4, -0.2) is 56.7 Å². The Labute approximate surface area is 122 Å². The summed E-state index contributed by atoms with van der Waals surface area (Å²) in [6.45, 7) is 2.87. The Bertz CT molecular complexity index is 424. The van der Waals surface area contributed by atoms with Crippen LogP contribution in [0.1, 0.15) is 24.4 Å². The molecule has 2 atom stereocenters. The summed E-state index contributed by atoms with van der Waals surface area (Å²) in [7, 11) is 6.10. The van der Waals surface area contributed by atoms with E-state index in [-0.39, 0.29) is 6.04 Å². The van der Waals surface area contributed by atoms with Gasteiger partial charge < -0.3 is 15.4 Å². The highest BCUT2D eigenvalue weighted by Crippen LogP contribution is 2.29. The van der Waals surface area contributed by atoms with Gasteiger partial charge in [-0.15, -0.1) is 0 Å². The van der Waals surface area contributed by atoms with Crippen molar-refractivity contribution in [2.75, 3.05) is 40.8 Å². The third-order valence-electron chi connectivity index (χ3n) is 4.42.